The van der Waals surface area contributed by atoms with Crippen molar-refractivity contribution in [1.82, 2.24) is 4.98 Å². The lowest BCUT2D eigenvalue weighted by atomic mass is 9.86. The fourth-order valence-corrected chi connectivity index (χ4v) is 2.01. The number of pyridine rings is 1. The topological polar surface area (TPSA) is 82.0 Å². The van der Waals surface area contributed by atoms with E-state index in [4.69, 9.17) is 11.5 Å². The summed E-state index contributed by atoms with van der Waals surface area (Å²) in [5.74, 6) is 0.486. The van der Waals surface area contributed by atoms with Crippen molar-refractivity contribution in [2.75, 3.05) is 5.73 Å². The van der Waals surface area contributed by atoms with Gasteiger partial charge in [-0.1, -0.05) is 0 Å². The minimum Gasteiger partial charge on any atom is -0.383 e. The van der Waals surface area contributed by atoms with E-state index in [1.54, 1.807) is 19.2 Å². The third kappa shape index (κ3) is 1.69. The summed E-state index contributed by atoms with van der Waals surface area (Å²) in [6.45, 7) is 3.65. The molecule has 0 bridgehead atoms. The summed E-state index contributed by atoms with van der Waals surface area (Å²) >= 11 is 0. The highest BCUT2D eigenvalue weighted by atomic mass is 16.1. The Balaban J connectivity index is 2.40. The Labute approximate surface area is 95.0 Å². The number of carbonyl (C=O) groups excluding carboxylic acids is 1. The zero-order valence-electron chi connectivity index (χ0n) is 9.66. The molecule has 2 rings (SSSR count). The SMILES string of the molecule is Cc1ccnc(N)c1C(=O)C(C)(N)C1CC1. The number of nitrogens with two attached hydrogens (primary N) is 2. The van der Waals surface area contributed by atoms with Crippen LogP contribution in [0.2, 0.25) is 0 Å². The number of rotatable bonds is 3. The predicted octanol–water partition coefficient (Wildman–Crippen LogP) is 1.28. The fraction of sp³-hybridized carbons (Fsp3) is 0.500. The van der Waals surface area contributed by atoms with E-state index in [9.17, 15) is 4.79 Å². The molecule has 1 aromatic heterocycles. The number of ketones is 1. The van der Waals surface area contributed by atoms with E-state index in [-0.39, 0.29) is 11.6 Å². The standard InChI is InChI=1S/C12H17N3O/c1-7-5-6-15-11(13)9(7)10(16)12(2,14)8-3-4-8/h5-6,8H,3-4,14H2,1-2H3,(H2,13,15). The van der Waals surface area contributed by atoms with Crippen molar-refractivity contribution in [3.8, 4) is 0 Å². The maximum absolute atomic E-state index is 12.3. The van der Waals surface area contributed by atoms with E-state index in [2.05, 4.69) is 4.98 Å². The number of Topliss-reactive ketones (excluding diaryl/α,β-unsaturated/α-hetero) is 1. The molecule has 1 aliphatic rings. The molecule has 1 fully saturated rings. The summed E-state index contributed by atoms with van der Waals surface area (Å²) < 4.78 is 0. The second-order valence-electron chi connectivity index (χ2n) is 4.77. The van der Waals surface area contributed by atoms with Crippen molar-refractivity contribution in [3.05, 3.63) is 23.4 Å². The molecule has 0 amide bonds. The molecule has 1 aromatic rings. The number of hydrogen-bond acceptors (Lipinski definition) is 4. The van der Waals surface area contributed by atoms with Crippen LogP contribution in [-0.4, -0.2) is 16.3 Å². The molecule has 1 heterocycles. The summed E-state index contributed by atoms with van der Waals surface area (Å²) in [6.07, 6.45) is 3.66. The zero-order valence-corrected chi connectivity index (χ0v) is 9.66. The third-order valence-corrected chi connectivity index (χ3v) is 3.33. The van der Waals surface area contributed by atoms with Crippen molar-refractivity contribution in [2.45, 2.75) is 32.2 Å². The third-order valence-electron chi connectivity index (χ3n) is 3.33. The maximum Gasteiger partial charge on any atom is 0.186 e. The van der Waals surface area contributed by atoms with Crippen LogP contribution in [0.4, 0.5) is 5.82 Å². The van der Waals surface area contributed by atoms with Crippen LogP contribution in [0.1, 0.15) is 35.7 Å². The van der Waals surface area contributed by atoms with Crippen LogP contribution >= 0.6 is 0 Å². The maximum atomic E-state index is 12.3. The lowest BCUT2D eigenvalue weighted by Crippen LogP contribution is -2.47. The molecule has 0 saturated heterocycles. The zero-order chi connectivity index (χ0) is 11.9. The first-order valence-corrected chi connectivity index (χ1v) is 5.49. The first-order chi connectivity index (χ1) is 7.44. The average molecular weight is 219 g/mol. The highest BCUT2D eigenvalue weighted by molar-refractivity contribution is 6.07. The average Bonchev–Trinajstić information content (AvgIpc) is 3.00. The van der Waals surface area contributed by atoms with Crippen LogP contribution in [0.5, 0.6) is 0 Å². The number of anilines is 1. The lowest BCUT2D eigenvalue weighted by molar-refractivity contribution is 0.0883. The molecule has 0 radical (unpaired) electrons. The summed E-state index contributed by atoms with van der Waals surface area (Å²) in [7, 11) is 0. The predicted molar refractivity (Wildman–Crippen MR) is 63.0 cm³/mol. The molecule has 1 saturated carbocycles. The number of aromatic nitrogens is 1. The van der Waals surface area contributed by atoms with Gasteiger partial charge in [-0.05, 0) is 44.2 Å². The second-order valence-corrected chi connectivity index (χ2v) is 4.77. The lowest BCUT2D eigenvalue weighted by Gasteiger charge is -2.24. The number of hydrogen-bond donors (Lipinski definition) is 2. The van der Waals surface area contributed by atoms with E-state index in [1.165, 1.54) is 0 Å². The van der Waals surface area contributed by atoms with E-state index in [0.29, 0.717) is 11.5 Å². The van der Waals surface area contributed by atoms with Gasteiger partial charge in [-0.3, -0.25) is 4.79 Å². The molecule has 1 unspecified atom stereocenters. The van der Waals surface area contributed by atoms with Crippen LogP contribution in [0.25, 0.3) is 0 Å². The molecule has 4 N–H and O–H groups in total. The van der Waals surface area contributed by atoms with E-state index >= 15 is 0 Å². The first-order valence-electron chi connectivity index (χ1n) is 5.49. The van der Waals surface area contributed by atoms with Gasteiger partial charge >= 0.3 is 0 Å². The molecule has 0 aromatic carbocycles. The highest BCUT2D eigenvalue weighted by Crippen LogP contribution is 2.40. The van der Waals surface area contributed by atoms with Gasteiger partial charge in [-0.15, -0.1) is 0 Å². The summed E-state index contributed by atoms with van der Waals surface area (Å²) in [5, 5.41) is 0. The van der Waals surface area contributed by atoms with Crippen molar-refractivity contribution < 1.29 is 4.79 Å². The molecule has 0 aliphatic heterocycles. The van der Waals surface area contributed by atoms with Gasteiger partial charge in [0.15, 0.2) is 5.78 Å². The Hall–Kier alpha value is -1.42. The Morgan fingerprint density at radius 3 is 2.69 bits per heavy atom. The minimum atomic E-state index is -0.804. The van der Waals surface area contributed by atoms with Crippen LogP contribution < -0.4 is 11.5 Å². The molecular formula is C12H17N3O. The molecular weight excluding hydrogens is 202 g/mol. The van der Waals surface area contributed by atoms with E-state index < -0.39 is 5.54 Å². The molecule has 4 heteroatoms. The van der Waals surface area contributed by atoms with Gasteiger partial charge in [0, 0.05) is 6.20 Å². The first kappa shape index (κ1) is 11.1. The fourth-order valence-electron chi connectivity index (χ4n) is 2.01. The van der Waals surface area contributed by atoms with E-state index in [1.807, 2.05) is 6.92 Å². The summed E-state index contributed by atoms with van der Waals surface area (Å²) in [6, 6.07) is 1.78. The van der Waals surface area contributed by atoms with Crippen molar-refractivity contribution in [2.24, 2.45) is 11.7 Å². The van der Waals surface area contributed by atoms with Gasteiger partial charge in [0.2, 0.25) is 0 Å². The van der Waals surface area contributed by atoms with Gasteiger partial charge in [-0.25, -0.2) is 4.98 Å². The smallest absolute Gasteiger partial charge is 0.186 e. The molecule has 1 atom stereocenters. The van der Waals surface area contributed by atoms with Crippen LogP contribution in [0, 0.1) is 12.8 Å². The number of carbonyl (C=O) groups is 1. The van der Waals surface area contributed by atoms with Gasteiger partial charge in [0.25, 0.3) is 0 Å². The molecule has 1 aliphatic carbocycles. The second kappa shape index (κ2) is 3.56. The normalized spacial score (nSPS) is 19.2. The highest BCUT2D eigenvalue weighted by Gasteiger charge is 2.45. The van der Waals surface area contributed by atoms with Crippen LogP contribution in [0.15, 0.2) is 12.3 Å². The van der Waals surface area contributed by atoms with Gasteiger partial charge in [-0.2, -0.15) is 0 Å². The Morgan fingerprint density at radius 1 is 1.56 bits per heavy atom. The van der Waals surface area contributed by atoms with Crippen molar-refractivity contribution >= 4 is 11.6 Å². The van der Waals surface area contributed by atoms with E-state index in [0.717, 1.165) is 18.4 Å². The largest absolute Gasteiger partial charge is 0.383 e. The summed E-state index contributed by atoms with van der Waals surface area (Å²) in [5.41, 5.74) is 12.4. The Kier molecular flexibility index (Phi) is 2.46. The Bertz CT molecular complexity index is 416. The molecule has 4 nitrogen and oxygen atoms in total. The quantitative estimate of drug-likeness (QED) is 0.750. The summed E-state index contributed by atoms with van der Waals surface area (Å²) in [4.78, 5) is 16.3. The van der Waals surface area contributed by atoms with Crippen LogP contribution in [0.3, 0.4) is 0 Å². The van der Waals surface area contributed by atoms with Gasteiger partial charge in [0.1, 0.15) is 5.82 Å². The monoisotopic (exact) mass is 219 g/mol. The number of nitrogens with zero attached hydrogens (tertiary/aromatic N) is 1. The van der Waals surface area contributed by atoms with Crippen LogP contribution in [-0.2, 0) is 0 Å². The van der Waals surface area contributed by atoms with Gasteiger partial charge in [0.05, 0.1) is 11.1 Å². The van der Waals surface area contributed by atoms with Crippen molar-refractivity contribution in [1.29, 1.82) is 0 Å². The number of aryl methyl sites for hydroxylation is 1. The van der Waals surface area contributed by atoms with Crippen molar-refractivity contribution in [3.63, 3.8) is 0 Å². The van der Waals surface area contributed by atoms with Gasteiger partial charge < -0.3 is 11.5 Å². The molecule has 16 heavy (non-hydrogen) atoms. The number of nitrogen functional groups attached to an aromatic ring is 1. The molecule has 0 spiro atoms. The minimum absolute atomic E-state index is 0.0851. The molecule has 86 valence electrons. The Morgan fingerprint density at radius 2 is 2.19 bits per heavy atom.